The van der Waals surface area contributed by atoms with Gasteiger partial charge in [-0.05, 0) is 60.5 Å². The molecule has 126 valence electrons. The molecule has 2 aromatic rings. The molecule has 0 aliphatic carbocycles. The van der Waals surface area contributed by atoms with Crippen LogP contribution in [0.5, 0.6) is 0 Å². The van der Waals surface area contributed by atoms with Gasteiger partial charge in [0.2, 0.25) is 5.91 Å². The van der Waals surface area contributed by atoms with E-state index in [2.05, 4.69) is 38.7 Å². The molecule has 2 aliphatic heterocycles. The second-order valence-corrected chi connectivity index (χ2v) is 7.62. The molecule has 1 aromatic heterocycles. The van der Waals surface area contributed by atoms with Gasteiger partial charge in [0.05, 0.1) is 6.54 Å². The predicted molar refractivity (Wildman–Crippen MR) is 99.8 cm³/mol. The Morgan fingerprint density at radius 3 is 2.67 bits per heavy atom. The lowest BCUT2D eigenvalue weighted by Crippen LogP contribution is -2.36. The van der Waals surface area contributed by atoms with Crippen LogP contribution in [-0.2, 0) is 17.8 Å². The van der Waals surface area contributed by atoms with E-state index < -0.39 is 0 Å². The second kappa shape index (κ2) is 6.95. The van der Waals surface area contributed by atoms with Crippen molar-refractivity contribution in [1.82, 2.24) is 4.90 Å². The van der Waals surface area contributed by atoms with Gasteiger partial charge in [-0.3, -0.25) is 9.69 Å². The molecule has 1 amide bonds. The highest BCUT2D eigenvalue weighted by molar-refractivity contribution is 7.10. The van der Waals surface area contributed by atoms with Gasteiger partial charge in [-0.1, -0.05) is 0 Å². The standard InChI is InChI=1S/C19H23N3OS/c23-19(14-21-11-7-18-15(13-21)8-12-24-18)20-16-3-5-17(6-4-16)22-9-1-2-10-22/h3-6,8,12H,1-2,7,9-11,13-14H2,(H,20,23). The van der Waals surface area contributed by atoms with Gasteiger partial charge >= 0.3 is 0 Å². The number of carbonyl (C=O) groups excluding carboxylic acids is 1. The Hall–Kier alpha value is -1.85. The molecule has 1 saturated heterocycles. The van der Waals surface area contributed by atoms with Crippen molar-refractivity contribution < 1.29 is 4.79 Å². The minimum absolute atomic E-state index is 0.0719. The third-order valence-corrected chi connectivity index (χ3v) is 5.90. The molecule has 1 fully saturated rings. The molecule has 0 atom stereocenters. The van der Waals surface area contributed by atoms with Crippen LogP contribution < -0.4 is 10.2 Å². The lowest BCUT2D eigenvalue weighted by molar-refractivity contribution is -0.117. The summed E-state index contributed by atoms with van der Waals surface area (Å²) in [5.41, 5.74) is 3.52. The molecule has 4 rings (SSSR count). The second-order valence-electron chi connectivity index (χ2n) is 6.62. The normalized spacial score (nSPS) is 17.8. The molecule has 5 heteroatoms. The van der Waals surface area contributed by atoms with E-state index in [1.54, 1.807) is 0 Å². The van der Waals surface area contributed by atoms with E-state index in [9.17, 15) is 4.79 Å². The molecule has 0 saturated carbocycles. The molecule has 0 unspecified atom stereocenters. The van der Waals surface area contributed by atoms with Gasteiger partial charge in [-0.15, -0.1) is 11.3 Å². The number of rotatable bonds is 4. The Bertz CT molecular complexity index is 704. The molecule has 4 nitrogen and oxygen atoms in total. The molecule has 3 heterocycles. The van der Waals surface area contributed by atoms with Gasteiger partial charge in [-0.25, -0.2) is 0 Å². The Morgan fingerprint density at radius 1 is 1.08 bits per heavy atom. The van der Waals surface area contributed by atoms with Crippen molar-refractivity contribution in [3.63, 3.8) is 0 Å². The number of amides is 1. The zero-order valence-electron chi connectivity index (χ0n) is 13.8. The van der Waals surface area contributed by atoms with Gasteiger partial charge in [0, 0.05) is 42.4 Å². The van der Waals surface area contributed by atoms with E-state index in [1.165, 1.54) is 29.0 Å². The fraction of sp³-hybridized carbons (Fsp3) is 0.421. The molecular formula is C19H23N3OS. The van der Waals surface area contributed by atoms with Gasteiger partial charge in [0.25, 0.3) is 0 Å². The van der Waals surface area contributed by atoms with Crippen LogP contribution in [0, 0.1) is 0 Å². The van der Waals surface area contributed by atoms with Crippen molar-refractivity contribution in [1.29, 1.82) is 0 Å². The van der Waals surface area contributed by atoms with Crippen molar-refractivity contribution in [2.45, 2.75) is 25.8 Å². The van der Waals surface area contributed by atoms with E-state index in [0.717, 1.165) is 38.3 Å². The lowest BCUT2D eigenvalue weighted by atomic mass is 10.1. The van der Waals surface area contributed by atoms with Crippen LogP contribution in [0.1, 0.15) is 23.3 Å². The summed E-state index contributed by atoms with van der Waals surface area (Å²) in [7, 11) is 0. The van der Waals surface area contributed by atoms with E-state index in [0.29, 0.717) is 6.54 Å². The van der Waals surface area contributed by atoms with E-state index in [-0.39, 0.29) is 5.91 Å². The number of hydrogen-bond acceptors (Lipinski definition) is 4. The number of thiophene rings is 1. The topological polar surface area (TPSA) is 35.6 Å². The largest absolute Gasteiger partial charge is 0.372 e. The molecule has 0 radical (unpaired) electrons. The third kappa shape index (κ3) is 3.47. The quantitative estimate of drug-likeness (QED) is 0.926. The van der Waals surface area contributed by atoms with Crippen molar-refractivity contribution in [3.05, 3.63) is 46.2 Å². The zero-order chi connectivity index (χ0) is 16.4. The average molecular weight is 341 g/mol. The summed E-state index contributed by atoms with van der Waals surface area (Å²) in [5, 5.41) is 5.18. The monoisotopic (exact) mass is 341 g/mol. The van der Waals surface area contributed by atoms with Crippen molar-refractivity contribution in [2.75, 3.05) is 36.4 Å². The van der Waals surface area contributed by atoms with E-state index >= 15 is 0 Å². The number of benzene rings is 1. The smallest absolute Gasteiger partial charge is 0.238 e. The van der Waals surface area contributed by atoms with Crippen LogP contribution in [0.2, 0.25) is 0 Å². The molecule has 1 N–H and O–H groups in total. The molecule has 2 aliphatic rings. The average Bonchev–Trinajstić information content (AvgIpc) is 3.26. The maximum absolute atomic E-state index is 12.3. The molecule has 1 aromatic carbocycles. The molecule has 0 bridgehead atoms. The highest BCUT2D eigenvalue weighted by Crippen LogP contribution is 2.24. The first-order valence-electron chi connectivity index (χ1n) is 8.70. The Balaban J connectivity index is 1.31. The highest BCUT2D eigenvalue weighted by atomic mass is 32.1. The number of fused-ring (bicyclic) bond motifs is 1. The van der Waals surface area contributed by atoms with Crippen molar-refractivity contribution in [3.8, 4) is 0 Å². The zero-order valence-corrected chi connectivity index (χ0v) is 14.6. The summed E-state index contributed by atoms with van der Waals surface area (Å²) in [6, 6.07) is 10.4. The van der Waals surface area contributed by atoms with Gasteiger partial charge in [-0.2, -0.15) is 0 Å². The molecule has 0 spiro atoms. The SMILES string of the molecule is O=C(CN1CCc2sccc2C1)Nc1ccc(N2CCCC2)cc1. The van der Waals surface area contributed by atoms with Gasteiger partial charge in [0.1, 0.15) is 0 Å². The third-order valence-electron chi connectivity index (χ3n) is 4.88. The maximum Gasteiger partial charge on any atom is 0.238 e. The van der Waals surface area contributed by atoms with E-state index in [4.69, 9.17) is 0 Å². The van der Waals surface area contributed by atoms with Crippen LogP contribution in [0.15, 0.2) is 35.7 Å². The predicted octanol–water partition coefficient (Wildman–Crippen LogP) is 3.35. The lowest BCUT2D eigenvalue weighted by Gasteiger charge is -2.26. The fourth-order valence-corrected chi connectivity index (χ4v) is 4.47. The summed E-state index contributed by atoms with van der Waals surface area (Å²) >= 11 is 1.83. The Kier molecular flexibility index (Phi) is 4.54. The van der Waals surface area contributed by atoms with Gasteiger partial charge in [0.15, 0.2) is 0 Å². The summed E-state index contributed by atoms with van der Waals surface area (Å²) in [6.07, 6.45) is 3.62. The fourth-order valence-electron chi connectivity index (χ4n) is 3.58. The summed E-state index contributed by atoms with van der Waals surface area (Å²) in [6.45, 7) is 4.61. The summed E-state index contributed by atoms with van der Waals surface area (Å²) < 4.78 is 0. The van der Waals surface area contributed by atoms with E-state index in [1.807, 2.05) is 23.5 Å². The minimum Gasteiger partial charge on any atom is -0.372 e. The van der Waals surface area contributed by atoms with Crippen LogP contribution >= 0.6 is 11.3 Å². The van der Waals surface area contributed by atoms with Crippen molar-refractivity contribution in [2.24, 2.45) is 0 Å². The van der Waals surface area contributed by atoms with Crippen LogP contribution in [0.4, 0.5) is 11.4 Å². The van der Waals surface area contributed by atoms with Gasteiger partial charge < -0.3 is 10.2 Å². The number of nitrogens with one attached hydrogen (secondary N) is 1. The summed E-state index contributed by atoms with van der Waals surface area (Å²) in [4.78, 5) is 18.4. The first kappa shape index (κ1) is 15.7. The molecule has 24 heavy (non-hydrogen) atoms. The Morgan fingerprint density at radius 2 is 1.88 bits per heavy atom. The van der Waals surface area contributed by atoms with Crippen LogP contribution in [0.3, 0.4) is 0 Å². The van der Waals surface area contributed by atoms with Crippen molar-refractivity contribution >= 4 is 28.6 Å². The van der Waals surface area contributed by atoms with Crippen LogP contribution in [0.25, 0.3) is 0 Å². The highest BCUT2D eigenvalue weighted by Gasteiger charge is 2.19. The van der Waals surface area contributed by atoms with Crippen LogP contribution in [-0.4, -0.2) is 37.0 Å². The Labute approximate surface area is 147 Å². The molecular weight excluding hydrogens is 318 g/mol. The maximum atomic E-state index is 12.3. The number of hydrogen-bond donors (Lipinski definition) is 1. The first-order chi connectivity index (χ1) is 11.8. The number of carbonyl (C=O) groups is 1. The number of anilines is 2. The minimum atomic E-state index is 0.0719. The first-order valence-corrected chi connectivity index (χ1v) is 9.58. The number of nitrogens with zero attached hydrogens (tertiary/aromatic N) is 2. The summed E-state index contributed by atoms with van der Waals surface area (Å²) in [5.74, 6) is 0.0719.